The third-order valence-electron chi connectivity index (χ3n) is 4.61. The summed E-state index contributed by atoms with van der Waals surface area (Å²) in [4.78, 5) is 26.8. The number of anilines is 3. The lowest BCUT2D eigenvalue weighted by atomic mass is 10.0. The van der Waals surface area contributed by atoms with Crippen molar-refractivity contribution in [2.75, 3.05) is 23.4 Å². The van der Waals surface area contributed by atoms with Crippen LogP contribution in [0.4, 0.5) is 21.9 Å². The molecule has 0 atom stereocenters. The molecule has 0 radical (unpaired) electrons. The number of carbonyl (C=O) groups is 2. The average molecular weight is 381 g/mol. The molecule has 3 amide bonds. The molecule has 1 heterocycles. The van der Waals surface area contributed by atoms with Crippen molar-refractivity contribution < 1.29 is 14.3 Å². The maximum Gasteiger partial charge on any atom is 0.319 e. The standard InChI is InChI=1S/C22H27N3O3/c1-4-23-22(27)24-18-12-11-17-10-9-16-7-5-6-8-19(16)25(20(17)13-18)21(26)14-28-15(2)3/h5-8,11-13,15H,4,9-10,14H2,1-3H3,(H2,23,24,27). The number of rotatable bonds is 5. The fourth-order valence-corrected chi connectivity index (χ4v) is 3.31. The summed E-state index contributed by atoms with van der Waals surface area (Å²) >= 11 is 0. The third kappa shape index (κ3) is 4.51. The first-order valence-electron chi connectivity index (χ1n) is 9.69. The molecule has 1 aliphatic heterocycles. The molecule has 0 unspecified atom stereocenters. The zero-order valence-electron chi connectivity index (χ0n) is 16.6. The van der Waals surface area contributed by atoms with Crippen molar-refractivity contribution in [1.29, 1.82) is 0 Å². The molecule has 0 aliphatic carbocycles. The molecule has 3 rings (SSSR count). The molecule has 0 saturated heterocycles. The molecule has 0 bridgehead atoms. The van der Waals surface area contributed by atoms with Gasteiger partial charge in [0.25, 0.3) is 5.91 Å². The second-order valence-electron chi connectivity index (χ2n) is 7.05. The van der Waals surface area contributed by atoms with Crippen molar-refractivity contribution >= 4 is 29.0 Å². The lowest BCUT2D eigenvalue weighted by Gasteiger charge is -2.26. The number of para-hydroxylation sites is 1. The zero-order chi connectivity index (χ0) is 20.1. The van der Waals surface area contributed by atoms with Crippen molar-refractivity contribution in [3.63, 3.8) is 0 Å². The van der Waals surface area contributed by atoms with Crippen LogP contribution in [0.5, 0.6) is 0 Å². The fourth-order valence-electron chi connectivity index (χ4n) is 3.31. The number of fused-ring (bicyclic) bond motifs is 2. The molecule has 0 aromatic heterocycles. The van der Waals surface area contributed by atoms with Crippen LogP contribution < -0.4 is 15.5 Å². The molecule has 6 heteroatoms. The minimum Gasteiger partial charge on any atom is -0.369 e. The molecule has 0 spiro atoms. The van der Waals surface area contributed by atoms with Gasteiger partial charge in [0.05, 0.1) is 17.5 Å². The lowest BCUT2D eigenvalue weighted by Crippen LogP contribution is -2.32. The third-order valence-corrected chi connectivity index (χ3v) is 4.61. The summed E-state index contributed by atoms with van der Waals surface area (Å²) in [7, 11) is 0. The Morgan fingerprint density at radius 1 is 1.07 bits per heavy atom. The first-order valence-corrected chi connectivity index (χ1v) is 9.69. The van der Waals surface area contributed by atoms with Crippen LogP contribution in [0.3, 0.4) is 0 Å². The first kappa shape index (κ1) is 19.9. The Balaban J connectivity index is 2.01. The summed E-state index contributed by atoms with van der Waals surface area (Å²) in [6, 6.07) is 13.4. The van der Waals surface area contributed by atoms with Crippen molar-refractivity contribution in [3.05, 3.63) is 53.6 Å². The molecule has 0 fully saturated rings. The Morgan fingerprint density at radius 2 is 1.79 bits per heavy atom. The van der Waals surface area contributed by atoms with Crippen LogP contribution in [0.2, 0.25) is 0 Å². The Labute approximate surface area is 165 Å². The van der Waals surface area contributed by atoms with E-state index in [1.54, 1.807) is 4.90 Å². The van der Waals surface area contributed by atoms with E-state index in [4.69, 9.17) is 4.74 Å². The highest BCUT2D eigenvalue weighted by Crippen LogP contribution is 2.37. The Bertz CT molecular complexity index is 864. The van der Waals surface area contributed by atoms with E-state index < -0.39 is 0 Å². The van der Waals surface area contributed by atoms with Gasteiger partial charge in [-0.3, -0.25) is 9.69 Å². The average Bonchev–Trinajstić information content (AvgIpc) is 2.83. The maximum atomic E-state index is 13.1. The quantitative estimate of drug-likeness (QED) is 0.822. The predicted octanol–water partition coefficient (Wildman–Crippen LogP) is 4.02. The number of urea groups is 1. The van der Waals surface area contributed by atoms with Gasteiger partial charge in [-0.1, -0.05) is 24.3 Å². The van der Waals surface area contributed by atoms with Gasteiger partial charge in [-0.2, -0.15) is 0 Å². The summed E-state index contributed by atoms with van der Waals surface area (Å²) in [5, 5.41) is 5.55. The number of nitrogens with zero attached hydrogens (tertiary/aromatic N) is 1. The molecule has 148 valence electrons. The fraction of sp³-hybridized carbons (Fsp3) is 0.364. The smallest absolute Gasteiger partial charge is 0.319 e. The molecule has 2 aromatic rings. The molecule has 6 nitrogen and oxygen atoms in total. The van der Waals surface area contributed by atoms with E-state index >= 15 is 0 Å². The van der Waals surface area contributed by atoms with Gasteiger partial charge in [0.15, 0.2) is 0 Å². The van der Waals surface area contributed by atoms with E-state index in [2.05, 4.69) is 16.7 Å². The van der Waals surface area contributed by atoms with Crippen molar-refractivity contribution in [1.82, 2.24) is 5.32 Å². The van der Waals surface area contributed by atoms with Crippen LogP contribution in [0.15, 0.2) is 42.5 Å². The second kappa shape index (κ2) is 8.89. The molecule has 2 aromatic carbocycles. The molecular formula is C22H27N3O3. The van der Waals surface area contributed by atoms with Gasteiger partial charge in [-0.15, -0.1) is 0 Å². The van der Waals surface area contributed by atoms with E-state index in [0.29, 0.717) is 12.2 Å². The van der Waals surface area contributed by atoms with Crippen molar-refractivity contribution in [2.45, 2.75) is 39.7 Å². The topological polar surface area (TPSA) is 70.7 Å². The van der Waals surface area contributed by atoms with E-state index in [0.717, 1.165) is 35.3 Å². The summed E-state index contributed by atoms with van der Waals surface area (Å²) < 4.78 is 5.58. The van der Waals surface area contributed by atoms with Gasteiger partial charge in [0.1, 0.15) is 6.61 Å². The van der Waals surface area contributed by atoms with E-state index in [-0.39, 0.29) is 24.6 Å². The predicted molar refractivity (Wildman–Crippen MR) is 111 cm³/mol. The number of hydrogen-bond acceptors (Lipinski definition) is 3. The first-order chi connectivity index (χ1) is 13.5. The minimum atomic E-state index is -0.266. The molecule has 28 heavy (non-hydrogen) atoms. The van der Waals surface area contributed by atoms with E-state index in [9.17, 15) is 9.59 Å². The van der Waals surface area contributed by atoms with Crippen LogP contribution in [0.1, 0.15) is 31.9 Å². The number of benzene rings is 2. The lowest BCUT2D eigenvalue weighted by molar-refractivity contribution is -0.123. The normalized spacial score (nSPS) is 12.8. The SMILES string of the molecule is CCNC(=O)Nc1ccc2c(c1)N(C(=O)COC(C)C)c1ccccc1CC2. The summed E-state index contributed by atoms with van der Waals surface area (Å²) in [5.74, 6) is -0.126. The van der Waals surface area contributed by atoms with Gasteiger partial charge in [0.2, 0.25) is 0 Å². The summed E-state index contributed by atoms with van der Waals surface area (Å²) in [6.07, 6.45) is 1.64. The van der Waals surface area contributed by atoms with Crippen LogP contribution in [0.25, 0.3) is 0 Å². The molecule has 2 N–H and O–H groups in total. The summed E-state index contributed by atoms with van der Waals surface area (Å²) in [5.41, 5.74) is 4.49. The Morgan fingerprint density at radius 3 is 2.50 bits per heavy atom. The maximum absolute atomic E-state index is 13.1. The molecule has 1 aliphatic rings. The number of nitrogens with one attached hydrogen (secondary N) is 2. The Kier molecular flexibility index (Phi) is 6.31. The zero-order valence-corrected chi connectivity index (χ0v) is 16.6. The molecule has 0 saturated carbocycles. The number of carbonyl (C=O) groups excluding carboxylic acids is 2. The second-order valence-corrected chi connectivity index (χ2v) is 7.05. The van der Waals surface area contributed by atoms with Crippen LogP contribution in [0, 0.1) is 0 Å². The van der Waals surface area contributed by atoms with Crippen molar-refractivity contribution in [2.24, 2.45) is 0 Å². The van der Waals surface area contributed by atoms with Gasteiger partial charge in [-0.25, -0.2) is 4.79 Å². The van der Waals surface area contributed by atoms with Gasteiger partial charge < -0.3 is 15.4 Å². The number of ether oxygens (including phenoxy) is 1. The van der Waals surface area contributed by atoms with E-state index in [1.165, 1.54) is 0 Å². The number of hydrogen-bond donors (Lipinski definition) is 2. The van der Waals surface area contributed by atoms with Gasteiger partial charge >= 0.3 is 6.03 Å². The summed E-state index contributed by atoms with van der Waals surface area (Å²) in [6.45, 7) is 6.22. The van der Waals surface area contributed by atoms with E-state index in [1.807, 2.05) is 57.2 Å². The molecular weight excluding hydrogens is 354 g/mol. The van der Waals surface area contributed by atoms with Crippen LogP contribution >= 0.6 is 0 Å². The highest BCUT2D eigenvalue weighted by atomic mass is 16.5. The van der Waals surface area contributed by atoms with Gasteiger partial charge in [0, 0.05) is 12.2 Å². The Hall–Kier alpha value is -2.86. The minimum absolute atomic E-state index is 0.000577. The number of amides is 3. The van der Waals surface area contributed by atoms with Crippen LogP contribution in [-0.2, 0) is 22.4 Å². The van der Waals surface area contributed by atoms with Gasteiger partial charge in [-0.05, 0) is 62.9 Å². The highest BCUT2D eigenvalue weighted by molar-refractivity contribution is 6.04. The largest absolute Gasteiger partial charge is 0.369 e. The highest BCUT2D eigenvalue weighted by Gasteiger charge is 2.26. The monoisotopic (exact) mass is 381 g/mol. The van der Waals surface area contributed by atoms with Crippen molar-refractivity contribution in [3.8, 4) is 0 Å². The van der Waals surface area contributed by atoms with Crippen LogP contribution in [-0.4, -0.2) is 31.2 Å². The number of aryl methyl sites for hydroxylation is 2.